The predicted octanol–water partition coefficient (Wildman–Crippen LogP) is 4.07. The molecule has 1 saturated carbocycles. The minimum atomic E-state index is 0.0493. The van der Waals surface area contributed by atoms with Crippen LogP contribution in [0.2, 0.25) is 0 Å². The maximum atomic E-state index is 12.3. The van der Waals surface area contributed by atoms with Gasteiger partial charge in [-0.2, -0.15) is 0 Å². The summed E-state index contributed by atoms with van der Waals surface area (Å²) in [6.45, 7) is 4.10. The second-order valence-electron chi connectivity index (χ2n) is 5.27. The fourth-order valence-electron chi connectivity index (χ4n) is 2.70. The minimum Gasteiger partial charge on any atom is -0.349 e. The number of amides is 1. The summed E-state index contributed by atoms with van der Waals surface area (Å²) in [5.41, 5.74) is 1.79. The molecule has 0 bridgehead atoms. The summed E-state index contributed by atoms with van der Waals surface area (Å²) in [5.74, 6) is 0.703. The van der Waals surface area contributed by atoms with Crippen LogP contribution in [0.25, 0.3) is 0 Å². The van der Waals surface area contributed by atoms with Crippen molar-refractivity contribution < 1.29 is 4.79 Å². The molecule has 98 valence electrons. The van der Waals surface area contributed by atoms with Crippen molar-refractivity contribution >= 4 is 21.8 Å². The van der Waals surface area contributed by atoms with E-state index >= 15 is 0 Å². The van der Waals surface area contributed by atoms with Gasteiger partial charge in [0.15, 0.2) is 0 Å². The molecule has 2 rings (SSSR count). The third-order valence-electron chi connectivity index (χ3n) is 3.91. The molecule has 0 spiro atoms. The molecule has 18 heavy (non-hydrogen) atoms. The second kappa shape index (κ2) is 5.87. The molecule has 1 unspecified atom stereocenters. The zero-order valence-electron chi connectivity index (χ0n) is 11.0. The molecule has 1 atom stereocenters. The highest BCUT2D eigenvalue weighted by molar-refractivity contribution is 9.10. The Kier molecular flexibility index (Phi) is 4.44. The Bertz CT molecular complexity index is 438. The molecule has 0 radical (unpaired) electrons. The van der Waals surface area contributed by atoms with Gasteiger partial charge in [0.1, 0.15) is 0 Å². The first-order chi connectivity index (χ1) is 8.58. The molecule has 1 fully saturated rings. The molecule has 2 nitrogen and oxygen atoms in total. The minimum absolute atomic E-state index is 0.0493. The molecule has 1 aliphatic carbocycles. The molecule has 1 aromatic rings. The van der Waals surface area contributed by atoms with Gasteiger partial charge in [-0.15, -0.1) is 0 Å². The van der Waals surface area contributed by atoms with E-state index in [0.29, 0.717) is 5.92 Å². The van der Waals surface area contributed by atoms with Crippen molar-refractivity contribution in [2.24, 2.45) is 5.92 Å². The lowest BCUT2D eigenvalue weighted by Gasteiger charge is -2.21. The van der Waals surface area contributed by atoms with Gasteiger partial charge < -0.3 is 5.32 Å². The van der Waals surface area contributed by atoms with E-state index in [1.807, 2.05) is 25.1 Å². The topological polar surface area (TPSA) is 29.1 Å². The van der Waals surface area contributed by atoms with Crippen LogP contribution in [0.15, 0.2) is 22.7 Å². The predicted molar refractivity (Wildman–Crippen MR) is 77.8 cm³/mol. The van der Waals surface area contributed by atoms with Gasteiger partial charge in [0.25, 0.3) is 5.91 Å². The average Bonchev–Trinajstić information content (AvgIpc) is 2.85. The number of hydrogen-bond acceptors (Lipinski definition) is 1. The van der Waals surface area contributed by atoms with Gasteiger partial charge in [-0.3, -0.25) is 4.79 Å². The molecular weight excluding hydrogens is 290 g/mol. The van der Waals surface area contributed by atoms with Crippen molar-refractivity contribution in [1.29, 1.82) is 0 Å². The fourth-order valence-corrected chi connectivity index (χ4v) is 3.06. The SMILES string of the molecule is Cc1ccc(Br)cc1C(=O)NC(C)C1CCCC1. The number of aryl methyl sites for hydroxylation is 1. The van der Waals surface area contributed by atoms with E-state index in [4.69, 9.17) is 0 Å². The normalized spacial score (nSPS) is 17.7. The molecule has 0 aromatic heterocycles. The molecule has 1 aliphatic rings. The summed E-state index contributed by atoms with van der Waals surface area (Å²) in [6, 6.07) is 6.11. The van der Waals surface area contributed by atoms with Gasteiger partial charge in [0, 0.05) is 16.1 Å². The van der Waals surface area contributed by atoms with Crippen LogP contribution < -0.4 is 5.32 Å². The first-order valence-corrected chi connectivity index (χ1v) is 7.44. The number of benzene rings is 1. The third kappa shape index (κ3) is 3.14. The van der Waals surface area contributed by atoms with Crippen LogP contribution in [0, 0.1) is 12.8 Å². The average molecular weight is 310 g/mol. The van der Waals surface area contributed by atoms with E-state index in [-0.39, 0.29) is 11.9 Å². The summed E-state index contributed by atoms with van der Waals surface area (Å²) in [6.07, 6.45) is 5.11. The smallest absolute Gasteiger partial charge is 0.251 e. The maximum Gasteiger partial charge on any atom is 0.251 e. The Morgan fingerprint density at radius 3 is 2.72 bits per heavy atom. The Labute approximate surface area is 117 Å². The Morgan fingerprint density at radius 2 is 2.06 bits per heavy atom. The van der Waals surface area contributed by atoms with E-state index in [1.54, 1.807) is 0 Å². The molecule has 0 aliphatic heterocycles. The molecule has 0 saturated heterocycles. The lowest BCUT2D eigenvalue weighted by molar-refractivity contribution is 0.0926. The number of halogens is 1. The summed E-state index contributed by atoms with van der Waals surface area (Å²) < 4.78 is 0.951. The molecule has 1 amide bonds. The quantitative estimate of drug-likeness (QED) is 0.896. The highest BCUT2D eigenvalue weighted by Crippen LogP contribution is 2.27. The largest absolute Gasteiger partial charge is 0.349 e. The molecule has 1 aromatic carbocycles. The summed E-state index contributed by atoms with van der Waals surface area (Å²) in [4.78, 5) is 12.3. The number of hydrogen-bond donors (Lipinski definition) is 1. The summed E-state index contributed by atoms with van der Waals surface area (Å²) >= 11 is 3.42. The number of rotatable bonds is 3. The summed E-state index contributed by atoms with van der Waals surface area (Å²) in [7, 11) is 0. The monoisotopic (exact) mass is 309 g/mol. The lowest BCUT2D eigenvalue weighted by Crippen LogP contribution is -2.37. The Balaban J connectivity index is 2.04. The lowest BCUT2D eigenvalue weighted by atomic mass is 9.99. The van der Waals surface area contributed by atoms with Gasteiger partial charge >= 0.3 is 0 Å². The van der Waals surface area contributed by atoms with Crippen molar-refractivity contribution in [3.8, 4) is 0 Å². The first-order valence-electron chi connectivity index (χ1n) is 6.65. The van der Waals surface area contributed by atoms with Crippen molar-refractivity contribution in [2.45, 2.75) is 45.6 Å². The van der Waals surface area contributed by atoms with E-state index in [9.17, 15) is 4.79 Å². The van der Waals surface area contributed by atoms with Crippen LogP contribution >= 0.6 is 15.9 Å². The van der Waals surface area contributed by atoms with Crippen LogP contribution in [-0.4, -0.2) is 11.9 Å². The highest BCUT2D eigenvalue weighted by Gasteiger charge is 2.23. The summed E-state index contributed by atoms with van der Waals surface area (Å²) in [5, 5.41) is 3.15. The molecule has 3 heteroatoms. The van der Waals surface area contributed by atoms with Gasteiger partial charge in [-0.25, -0.2) is 0 Å². The van der Waals surface area contributed by atoms with Crippen LogP contribution in [0.3, 0.4) is 0 Å². The van der Waals surface area contributed by atoms with E-state index in [2.05, 4.69) is 28.2 Å². The van der Waals surface area contributed by atoms with E-state index in [1.165, 1.54) is 25.7 Å². The van der Waals surface area contributed by atoms with Crippen molar-refractivity contribution in [1.82, 2.24) is 5.32 Å². The van der Waals surface area contributed by atoms with Crippen LogP contribution in [-0.2, 0) is 0 Å². The Morgan fingerprint density at radius 1 is 1.39 bits per heavy atom. The van der Waals surface area contributed by atoms with Gasteiger partial charge in [-0.1, -0.05) is 34.8 Å². The van der Waals surface area contributed by atoms with Crippen LogP contribution in [0.1, 0.15) is 48.5 Å². The van der Waals surface area contributed by atoms with Gasteiger partial charge in [0.05, 0.1) is 0 Å². The van der Waals surface area contributed by atoms with Gasteiger partial charge in [-0.05, 0) is 50.3 Å². The zero-order chi connectivity index (χ0) is 13.1. The van der Waals surface area contributed by atoms with E-state index in [0.717, 1.165) is 15.6 Å². The first kappa shape index (κ1) is 13.6. The molecule has 1 N–H and O–H groups in total. The van der Waals surface area contributed by atoms with Crippen LogP contribution in [0.5, 0.6) is 0 Å². The number of carbonyl (C=O) groups is 1. The van der Waals surface area contributed by atoms with Gasteiger partial charge in [0.2, 0.25) is 0 Å². The molecule has 0 heterocycles. The number of nitrogens with one attached hydrogen (secondary N) is 1. The van der Waals surface area contributed by atoms with Crippen molar-refractivity contribution in [2.75, 3.05) is 0 Å². The van der Waals surface area contributed by atoms with E-state index < -0.39 is 0 Å². The number of carbonyl (C=O) groups excluding carboxylic acids is 1. The fraction of sp³-hybridized carbons (Fsp3) is 0.533. The Hall–Kier alpha value is -0.830. The standard InChI is InChI=1S/C15H20BrNO/c1-10-7-8-13(16)9-14(10)15(18)17-11(2)12-5-3-4-6-12/h7-9,11-12H,3-6H2,1-2H3,(H,17,18). The van der Waals surface area contributed by atoms with Crippen molar-refractivity contribution in [3.05, 3.63) is 33.8 Å². The zero-order valence-corrected chi connectivity index (χ0v) is 12.6. The maximum absolute atomic E-state index is 12.3. The highest BCUT2D eigenvalue weighted by atomic mass is 79.9. The van der Waals surface area contributed by atoms with Crippen molar-refractivity contribution in [3.63, 3.8) is 0 Å². The molecular formula is C15H20BrNO. The second-order valence-corrected chi connectivity index (χ2v) is 6.18. The van der Waals surface area contributed by atoms with Crippen LogP contribution in [0.4, 0.5) is 0 Å². The third-order valence-corrected chi connectivity index (χ3v) is 4.40.